The van der Waals surface area contributed by atoms with Crippen molar-refractivity contribution in [3.8, 4) is 5.75 Å². The van der Waals surface area contributed by atoms with E-state index in [4.69, 9.17) is 9.15 Å². The number of ether oxygens (including phenoxy) is 1. The van der Waals surface area contributed by atoms with E-state index >= 15 is 0 Å². The van der Waals surface area contributed by atoms with Gasteiger partial charge in [0, 0.05) is 26.2 Å². The Bertz CT molecular complexity index is 806. The number of fused-ring (bicyclic) bond motifs is 1. The number of rotatable bonds is 3. The predicted molar refractivity (Wildman–Crippen MR) is 85.7 cm³/mol. The van der Waals surface area contributed by atoms with E-state index in [1.165, 1.54) is 7.11 Å². The first-order valence-electron chi connectivity index (χ1n) is 7.33. The zero-order valence-corrected chi connectivity index (χ0v) is 13.0. The van der Waals surface area contributed by atoms with Gasteiger partial charge in [0.1, 0.15) is 17.0 Å². The molecule has 2 aromatic rings. The Morgan fingerprint density at radius 2 is 1.96 bits per heavy atom. The van der Waals surface area contributed by atoms with E-state index in [-0.39, 0.29) is 22.5 Å². The summed E-state index contributed by atoms with van der Waals surface area (Å²) < 4.78 is 10.6. The monoisotopic (exact) mass is 318 g/mol. The topological polar surface area (TPSA) is 83.2 Å². The maximum atomic E-state index is 12.9. The lowest BCUT2D eigenvalue weighted by Crippen LogP contribution is -2.46. The quantitative estimate of drug-likeness (QED) is 0.912. The summed E-state index contributed by atoms with van der Waals surface area (Å²) in [5.74, 6) is -1.02. The molecule has 1 fully saturated rings. The normalized spacial score (nSPS) is 15.8. The lowest BCUT2D eigenvalue weighted by Gasteiger charge is -2.33. The molecule has 7 heteroatoms. The minimum Gasteiger partial charge on any atom is -0.497 e. The van der Waals surface area contributed by atoms with Crippen molar-refractivity contribution in [2.75, 3.05) is 45.2 Å². The number of piperazine rings is 1. The lowest BCUT2D eigenvalue weighted by atomic mass is 10.1. The molecule has 2 heterocycles. The fourth-order valence-corrected chi connectivity index (χ4v) is 2.75. The summed E-state index contributed by atoms with van der Waals surface area (Å²) in [5.41, 5.74) is 0.0181. The SMILES string of the molecule is COc1ccc2oc(C(=O)O)c(N3CCN(C)CC3)c(=O)c2c1. The average molecular weight is 318 g/mol. The molecule has 122 valence electrons. The molecule has 0 bridgehead atoms. The third kappa shape index (κ3) is 2.75. The van der Waals surface area contributed by atoms with Crippen LogP contribution < -0.4 is 15.1 Å². The van der Waals surface area contributed by atoms with Crippen LogP contribution in [0.25, 0.3) is 11.0 Å². The van der Waals surface area contributed by atoms with E-state index in [0.717, 1.165) is 13.1 Å². The maximum absolute atomic E-state index is 12.9. The highest BCUT2D eigenvalue weighted by Crippen LogP contribution is 2.26. The summed E-state index contributed by atoms with van der Waals surface area (Å²) in [5, 5.41) is 9.76. The summed E-state index contributed by atoms with van der Waals surface area (Å²) >= 11 is 0. The van der Waals surface area contributed by atoms with Crippen LogP contribution in [0.2, 0.25) is 0 Å². The number of nitrogens with zero attached hydrogens (tertiary/aromatic N) is 2. The van der Waals surface area contributed by atoms with Gasteiger partial charge in [-0.2, -0.15) is 0 Å². The standard InChI is InChI=1S/C16H18N2O5/c1-17-5-7-18(8-6-17)13-14(19)11-9-10(22-2)3-4-12(11)23-15(13)16(20)21/h3-4,9H,5-8H2,1-2H3,(H,20,21). The second-order valence-corrected chi connectivity index (χ2v) is 5.57. The van der Waals surface area contributed by atoms with Gasteiger partial charge in [-0.25, -0.2) is 4.79 Å². The number of benzene rings is 1. The van der Waals surface area contributed by atoms with Gasteiger partial charge in [0.05, 0.1) is 12.5 Å². The molecule has 7 nitrogen and oxygen atoms in total. The van der Waals surface area contributed by atoms with E-state index in [1.54, 1.807) is 23.1 Å². The molecule has 3 rings (SSSR count). The minimum atomic E-state index is -1.24. The molecular formula is C16H18N2O5. The Morgan fingerprint density at radius 1 is 1.26 bits per heavy atom. The van der Waals surface area contributed by atoms with Crippen molar-refractivity contribution >= 4 is 22.6 Å². The van der Waals surface area contributed by atoms with Crippen molar-refractivity contribution < 1.29 is 19.1 Å². The first-order chi connectivity index (χ1) is 11.0. The first-order valence-corrected chi connectivity index (χ1v) is 7.33. The van der Waals surface area contributed by atoms with Gasteiger partial charge >= 0.3 is 5.97 Å². The van der Waals surface area contributed by atoms with Crippen molar-refractivity contribution in [2.45, 2.75) is 0 Å². The van der Waals surface area contributed by atoms with Gasteiger partial charge in [0.15, 0.2) is 0 Å². The van der Waals surface area contributed by atoms with Gasteiger partial charge < -0.3 is 24.1 Å². The molecule has 0 unspecified atom stereocenters. The summed E-state index contributed by atoms with van der Waals surface area (Å²) in [7, 11) is 3.50. The van der Waals surface area contributed by atoms with Crippen LogP contribution in [0.3, 0.4) is 0 Å². The number of aromatic carboxylic acids is 1. The Balaban J connectivity index is 2.21. The Labute approximate surface area is 132 Å². The highest BCUT2D eigenvalue weighted by atomic mass is 16.5. The molecule has 1 aromatic carbocycles. The molecule has 0 amide bonds. The molecule has 1 N–H and O–H groups in total. The van der Waals surface area contributed by atoms with Crippen LogP contribution in [0.15, 0.2) is 27.4 Å². The Morgan fingerprint density at radius 3 is 2.57 bits per heavy atom. The number of carboxylic acids is 1. The van der Waals surface area contributed by atoms with Gasteiger partial charge in [0.2, 0.25) is 11.2 Å². The molecule has 0 spiro atoms. The zero-order chi connectivity index (χ0) is 16.6. The molecule has 0 saturated carbocycles. The first kappa shape index (κ1) is 15.4. The maximum Gasteiger partial charge on any atom is 0.374 e. The summed E-state index contributed by atoms with van der Waals surface area (Å²) in [6, 6.07) is 4.76. The predicted octanol–water partition coefficient (Wildman–Crippen LogP) is 1.25. The van der Waals surface area contributed by atoms with Gasteiger partial charge in [-0.3, -0.25) is 4.79 Å². The Hall–Kier alpha value is -2.54. The third-order valence-electron chi connectivity index (χ3n) is 4.09. The summed E-state index contributed by atoms with van der Waals surface area (Å²) in [6.07, 6.45) is 0. The van der Waals surface area contributed by atoms with Gasteiger partial charge in [0.25, 0.3) is 0 Å². The second-order valence-electron chi connectivity index (χ2n) is 5.57. The fourth-order valence-electron chi connectivity index (χ4n) is 2.75. The van der Waals surface area contributed by atoms with E-state index in [1.807, 2.05) is 7.05 Å². The lowest BCUT2D eigenvalue weighted by molar-refractivity contribution is 0.0664. The molecule has 0 aliphatic carbocycles. The summed E-state index contributed by atoms with van der Waals surface area (Å²) in [4.78, 5) is 28.3. The third-order valence-corrected chi connectivity index (χ3v) is 4.09. The summed E-state index contributed by atoms with van der Waals surface area (Å²) in [6.45, 7) is 2.68. The van der Waals surface area contributed by atoms with Crippen molar-refractivity contribution in [3.63, 3.8) is 0 Å². The molecule has 0 radical (unpaired) electrons. The smallest absolute Gasteiger partial charge is 0.374 e. The van der Waals surface area contributed by atoms with Crippen molar-refractivity contribution in [3.05, 3.63) is 34.2 Å². The number of carboxylic acid groups (broad SMARTS) is 1. The number of carbonyl (C=O) groups is 1. The second kappa shape index (κ2) is 5.92. The highest BCUT2D eigenvalue weighted by Gasteiger charge is 2.26. The Kier molecular flexibility index (Phi) is 3.96. The molecule has 0 atom stereocenters. The number of hydrogen-bond acceptors (Lipinski definition) is 6. The van der Waals surface area contributed by atoms with Crippen LogP contribution in [0.5, 0.6) is 5.75 Å². The van der Waals surface area contributed by atoms with Crippen LogP contribution in [-0.2, 0) is 0 Å². The minimum absolute atomic E-state index is 0.117. The van der Waals surface area contributed by atoms with Gasteiger partial charge in [-0.05, 0) is 25.2 Å². The largest absolute Gasteiger partial charge is 0.497 e. The molecular weight excluding hydrogens is 300 g/mol. The molecule has 1 aromatic heterocycles. The molecule has 23 heavy (non-hydrogen) atoms. The van der Waals surface area contributed by atoms with Crippen LogP contribution in [0.1, 0.15) is 10.6 Å². The highest BCUT2D eigenvalue weighted by molar-refractivity contribution is 5.95. The van der Waals surface area contributed by atoms with Crippen LogP contribution >= 0.6 is 0 Å². The molecule has 1 saturated heterocycles. The van der Waals surface area contributed by atoms with E-state index in [9.17, 15) is 14.7 Å². The van der Waals surface area contributed by atoms with Crippen LogP contribution in [0.4, 0.5) is 5.69 Å². The van der Waals surface area contributed by atoms with Gasteiger partial charge in [-0.15, -0.1) is 0 Å². The van der Waals surface area contributed by atoms with Crippen molar-refractivity contribution in [1.29, 1.82) is 0 Å². The van der Waals surface area contributed by atoms with Crippen LogP contribution in [-0.4, -0.2) is 56.3 Å². The van der Waals surface area contributed by atoms with E-state index < -0.39 is 5.97 Å². The number of hydrogen-bond donors (Lipinski definition) is 1. The molecule has 1 aliphatic heterocycles. The van der Waals surface area contributed by atoms with Crippen molar-refractivity contribution in [1.82, 2.24) is 4.90 Å². The van der Waals surface area contributed by atoms with Gasteiger partial charge in [-0.1, -0.05) is 0 Å². The number of methoxy groups -OCH3 is 1. The molecule has 1 aliphatic rings. The van der Waals surface area contributed by atoms with E-state index in [2.05, 4.69) is 4.90 Å². The average Bonchev–Trinajstić information content (AvgIpc) is 2.55. The van der Waals surface area contributed by atoms with Crippen molar-refractivity contribution in [2.24, 2.45) is 0 Å². The van der Waals surface area contributed by atoms with E-state index in [0.29, 0.717) is 24.2 Å². The number of anilines is 1. The van der Waals surface area contributed by atoms with Crippen LogP contribution in [0, 0.1) is 0 Å². The zero-order valence-electron chi connectivity index (χ0n) is 13.0. The number of likely N-dealkylation sites (N-methyl/N-ethyl adjacent to an activating group) is 1. The fraction of sp³-hybridized carbons (Fsp3) is 0.375.